The van der Waals surface area contributed by atoms with E-state index in [-0.39, 0.29) is 0 Å². The predicted octanol–water partition coefficient (Wildman–Crippen LogP) is 3.76. The highest BCUT2D eigenvalue weighted by Gasteiger charge is 2.11. The van der Waals surface area contributed by atoms with E-state index in [4.69, 9.17) is 11.6 Å². The lowest BCUT2D eigenvalue weighted by atomic mass is 10.3. The van der Waals surface area contributed by atoms with Gasteiger partial charge in [0.25, 0.3) is 0 Å². The fourth-order valence-electron chi connectivity index (χ4n) is 1.46. The molecule has 0 atom stereocenters. The van der Waals surface area contributed by atoms with Crippen molar-refractivity contribution in [2.45, 2.75) is 26.3 Å². The summed E-state index contributed by atoms with van der Waals surface area (Å²) in [6, 6.07) is 2.04. The lowest BCUT2D eigenvalue weighted by molar-refractivity contribution is 0.710. The van der Waals surface area contributed by atoms with Gasteiger partial charge in [0.15, 0.2) is 0 Å². The molecule has 2 heterocycles. The summed E-state index contributed by atoms with van der Waals surface area (Å²) in [4.78, 5) is 1.24. The Labute approximate surface area is 112 Å². The maximum atomic E-state index is 6.03. The monoisotopic (exact) mass is 319 g/mol. The van der Waals surface area contributed by atoms with Crippen LogP contribution < -0.4 is 0 Å². The van der Waals surface area contributed by atoms with Crippen LogP contribution in [0.5, 0.6) is 0 Å². The van der Waals surface area contributed by atoms with Gasteiger partial charge in [0, 0.05) is 15.8 Å². The van der Waals surface area contributed by atoms with E-state index in [0.29, 0.717) is 5.28 Å². The summed E-state index contributed by atoms with van der Waals surface area (Å²) < 4.78 is 3.08. The Kier molecular flexibility index (Phi) is 4.00. The Bertz CT molecular complexity index is 480. The molecule has 0 radical (unpaired) electrons. The summed E-state index contributed by atoms with van der Waals surface area (Å²) >= 11 is 11.2. The van der Waals surface area contributed by atoms with Crippen molar-refractivity contribution in [1.82, 2.24) is 14.8 Å². The van der Waals surface area contributed by atoms with Crippen LogP contribution in [0.1, 0.15) is 24.0 Å². The molecular weight excluding hydrogens is 310 g/mol. The van der Waals surface area contributed by atoms with Crippen LogP contribution in [0.25, 0.3) is 0 Å². The van der Waals surface area contributed by atoms with E-state index in [2.05, 4.69) is 38.4 Å². The quantitative estimate of drug-likeness (QED) is 0.859. The molecule has 0 unspecified atom stereocenters. The SMILES string of the molecule is CCCc1nnc(Cl)n1Cc1sccc1Br. The third kappa shape index (κ3) is 2.47. The minimum absolute atomic E-state index is 0.462. The molecule has 16 heavy (non-hydrogen) atoms. The van der Waals surface area contributed by atoms with E-state index >= 15 is 0 Å². The second-order valence-corrected chi connectivity index (χ2v) is 5.61. The average molecular weight is 321 g/mol. The maximum Gasteiger partial charge on any atom is 0.225 e. The summed E-state index contributed by atoms with van der Waals surface area (Å²) in [6.07, 6.45) is 1.95. The van der Waals surface area contributed by atoms with Crippen LogP contribution in [0.2, 0.25) is 5.28 Å². The van der Waals surface area contributed by atoms with Gasteiger partial charge in [0.05, 0.1) is 6.54 Å². The molecule has 3 nitrogen and oxygen atoms in total. The van der Waals surface area contributed by atoms with Crippen molar-refractivity contribution in [3.8, 4) is 0 Å². The number of thiophene rings is 1. The highest BCUT2D eigenvalue weighted by Crippen LogP contribution is 2.25. The second kappa shape index (κ2) is 5.29. The van der Waals surface area contributed by atoms with Crippen LogP contribution in [-0.4, -0.2) is 14.8 Å². The number of halogens is 2. The maximum absolute atomic E-state index is 6.03. The summed E-state index contributed by atoms with van der Waals surface area (Å²) in [7, 11) is 0. The van der Waals surface area contributed by atoms with E-state index in [1.165, 1.54) is 4.88 Å². The van der Waals surface area contributed by atoms with Crippen molar-refractivity contribution < 1.29 is 0 Å². The van der Waals surface area contributed by atoms with Crippen molar-refractivity contribution in [1.29, 1.82) is 0 Å². The van der Waals surface area contributed by atoms with Crippen molar-refractivity contribution >= 4 is 38.9 Å². The van der Waals surface area contributed by atoms with Gasteiger partial charge in [-0.25, -0.2) is 0 Å². The van der Waals surface area contributed by atoms with Gasteiger partial charge < -0.3 is 0 Å². The summed E-state index contributed by atoms with van der Waals surface area (Å²) in [5, 5.41) is 10.5. The fraction of sp³-hybridized carbons (Fsp3) is 0.400. The Balaban J connectivity index is 2.26. The third-order valence-electron chi connectivity index (χ3n) is 2.25. The van der Waals surface area contributed by atoms with Gasteiger partial charge in [0.1, 0.15) is 5.82 Å². The van der Waals surface area contributed by atoms with Gasteiger partial charge in [-0.2, -0.15) is 0 Å². The molecule has 0 fully saturated rings. The van der Waals surface area contributed by atoms with Gasteiger partial charge in [-0.1, -0.05) is 6.92 Å². The number of rotatable bonds is 4. The molecular formula is C10H11BrClN3S. The summed E-state index contributed by atoms with van der Waals surface area (Å²) in [5.41, 5.74) is 0. The highest BCUT2D eigenvalue weighted by molar-refractivity contribution is 9.10. The van der Waals surface area contributed by atoms with E-state index in [0.717, 1.165) is 29.7 Å². The second-order valence-electron chi connectivity index (χ2n) is 3.41. The normalized spacial score (nSPS) is 10.9. The van der Waals surface area contributed by atoms with Crippen molar-refractivity contribution in [2.24, 2.45) is 0 Å². The zero-order valence-corrected chi connectivity index (χ0v) is 11.9. The van der Waals surface area contributed by atoms with Crippen LogP contribution >= 0.6 is 38.9 Å². The number of aryl methyl sites for hydroxylation is 1. The Morgan fingerprint density at radius 1 is 1.50 bits per heavy atom. The molecule has 2 aromatic rings. The predicted molar refractivity (Wildman–Crippen MR) is 70.1 cm³/mol. The molecule has 0 aliphatic carbocycles. The number of hydrogen-bond acceptors (Lipinski definition) is 3. The molecule has 0 saturated heterocycles. The van der Waals surface area contributed by atoms with E-state index < -0.39 is 0 Å². The van der Waals surface area contributed by atoms with E-state index in [1.807, 2.05) is 10.6 Å². The van der Waals surface area contributed by atoms with Gasteiger partial charge in [0.2, 0.25) is 5.28 Å². The van der Waals surface area contributed by atoms with Crippen molar-refractivity contribution in [3.05, 3.63) is 31.9 Å². The zero-order chi connectivity index (χ0) is 11.5. The molecule has 0 saturated carbocycles. The fourth-order valence-corrected chi connectivity index (χ4v) is 3.12. The first-order valence-electron chi connectivity index (χ1n) is 5.01. The first-order valence-corrected chi connectivity index (χ1v) is 7.07. The Hall–Kier alpha value is -0.390. The molecule has 0 N–H and O–H groups in total. The van der Waals surface area contributed by atoms with Crippen LogP contribution in [0, 0.1) is 0 Å². The number of aromatic nitrogens is 3. The number of hydrogen-bond donors (Lipinski definition) is 0. The molecule has 0 bridgehead atoms. The summed E-state index contributed by atoms with van der Waals surface area (Å²) in [6.45, 7) is 2.85. The lowest BCUT2D eigenvalue weighted by Gasteiger charge is -2.05. The smallest absolute Gasteiger partial charge is 0.225 e. The molecule has 6 heteroatoms. The standard InChI is InChI=1S/C10H11BrClN3S/c1-2-3-9-13-14-10(12)15(9)6-8-7(11)4-5-16-8/h4-5H,2-3,6H2,1H3. The first-order chi connectivity index (χ1) is 7.72. The third-order valence-corrected chi connectivity index (χ3v) is 4.44. The minimum Gasteiger partial charge on any atom is -0.296 e. The molecule has 0 aliphatic rings. The van der Waals surface area contributed by atoms with Crippen LogP contribution in [-0.2, 0) is 13.0 Å². The van der Waals surface area contributed by atoms with Crippen molar-refractivity contribution in [3.63, 3.8) is 0 Å². The molecule has 0 amide bonds. The first kappa shape index (κ1) is 12.1. The average Bonchev–Trinajstić information content (AvgIpc) is 2.80. The minimum atomic E-state index is 0.462. The topological polar surface area (TPSA) is 30.7 Å². The van der Waals surface area contributed by atoms with E-state index in [1.54, 1.807) is 11.3 Å². The molecule has 0 spiro atoms. The Morgan fingerprint density at radius 2 is 2.31 bits per heavy atom. The van der Waals surface area contributed by atoms with Crippen LogP contribution in [0.4, 0.5) is 0 Å². The molecule has 2 rings (SSSR count). The van der Waals surface area contributed by atoms with Crippen LogP contribution in [0.3, 0.4) is 0 Å². The van der Waals surface area contributed by atoms with Gasteiger partial charge in [-0.05, 0) is 45.4 Å². The molecule has 86 valence electrons. The molecule has 0 aromatic carbocycles. The van der Waals surface area contributed by atoms with Crippen LogP contribution in [0.15, 0.2) is 15.9 Å². The van der Waals surface area contributed by atoms with E-state index in [9.17, 15) is 0 Å². The summed E-state index contributed by atoms with van der Waals surface area (Å²) in [5.74, 6) is 0.952. The van der Waals surface area contributed by atoms with Gasteiger partial charge >= 0.3 is 0 Å². The molecule has 2 aromatic heterocycles. The Morgan fingerprint density at radius 3 is 2.94 bits per heavy atom. The van der Waals surface area contributed by atoms with Crippen molar-refractivity contribution in [2.75, 3.05) is 0 Å². The lowest BCUT2D eigenvalue weighted by Crippen LogP contribution is -2.04. The van der Waals surface area contributed by atoms with Gasteiger partial charge in [-0.3, -0.25) is 4.57 Å². The highest BCUT2D eigenvalue weighted by atomic mass is 79.9. The van der Waals surface area contributed by atoms with Gasteiger partial charge in [-0.15, -0.1) is 21.5 Å². The largest absolute Gasteiger partial charge is 0.296 e. The molecule has 0 aliphatic heterocycles. The number of nitrogens with zero attached hydrogens (tertiary/aromatic N) is 3. The zero-order valence-electron chi connectivity index (χ0n) is 8.78.